The summed E-state index contributed by atoms with van der Waals surface area (Å²) in [6.45, 7) is 6.25. The van der Waals surface area contributed by atoms with Crippen molar-refractivity contribution in [3.63, 3.8) is 0 Å². The minimum absolute atomic E-state index is 0. The van der Waals surface area contributed by atoms with Crippen LogP contribution in [0.4, 0.5) is 0 Å². The third-order valence-corrected chi connectivity index (χ3v) is 2.88. The van der Waals surface area contributed by atoms with Gasteiger partial charge in [0.15, 0.2) is 0 Å². The van der Waals surface area contributed by atoms with Crippen molar-refractivity contribution in [1.29, 1.82) is 0 Å². The summed E-state index contributed by atoms with van der Waals surface area (Å²) in [5.74, 6) is 1.49. The molecule has 1 aliphatic heterocycles. The van der Waals surface area contributed by atoms with Gasteiger partial charge < -0.3 is 10.1 Å². The number of rotatable bonds is 3. The molecule has 0 aromatic heterocycles. The fourth-order valence-electron chi connectivity index (χ4n) is 1.88. The minimum Gasteiger partial charge on any atom is -0.382 e. The second-order valence-electron chi connectivity index (χ2n) is 3.96. The van der Waals surface area contributed by atoms with Gasteiger partial charge in [0.05, 0.1) is 12.1 Å². The van der Waals surface area contributed by atoms with E-state index in [0.717, 1.165) is 6.42 Å². The van der Waals surface area contributed by atoms with Gasteiger partial charge in [0.25, 0.3) is 0 Å². The topological polar surface area (TPSA) is 38.3 Å². The Morgan fingerprint density at radius 3 is 2.57 bits per heavy atom. The minimum atomic E-state index is -0.460. The molecule has 0 aliphatic carbocycles. The maximum atomic E-state index is 11.5. The smallest absolute Gasteiger partial charge is 0.149 e. The molecule has 0 aromatic rings. The van der Waals surface area contributed by atoms with Crippen LogP contribution in [0.1, 0.15) is 27.2 Å². The van der Waals surface area contributed by atoms with Crippen LogP contribution in [-0.4, -0.2) is 31.1 Å². The van der Waals surface area contributed by atoms with Gasteiger partial charge in [-0.1, -0.05) is 6.92 Å². The summed E-state index contributed by atoms with van der Waals surface area (Å²) in [4.78, 5) is 11.5. The summed E-state index contributed by atoms with van der Waals surface area (Å²) in [6, 6.07) is 0.319. The third-order valence-electron chi connectivity index (χ3n) is 2.88. The molecule has 14 heavy (non-hydrogen) atoms. The SMILES string of the molecule is COCC1(C(C)=O)C[C-](C)C(C)N1.[W]. The van der Waals surface area contributed by atoms with Crippen LogP contribution in [-0.2, 0) is 30.6 Å². The maximum absolute atomic E-state index is 11.5. The molecule has 1 aliphatic rings. The fourth-order valence-corrected chi connectivity index (χ4v) is 1.88. The van der Waals surface area contributed by atoms with E-state index >= 15 is 0 Å². The largest absolute Gasteiger partial charge is 0.382 e. The van der Waals surface area contributed by atoms with Gasteiger partial charge in [-0.25, -0.2) is 0 Å². The average Bonchev–Trinajstić information content (AvgIpc) is 2.29. The Morgan fingerprint density at radius 2 is 2.29 bits per heavy atom. The van der Waals surface area contributed by atoms with Gasteiger partial charge in [-0.05, 0) is 6.92 Å². The van der Waals surface area contributed by atoms with E-state index in [0.29, 0.717) is 12.6 Å². The van der Waals surface area contributed by atoms with E-state index in [9.17, 15) is 4.79 Å². The molecular formula is C10H18NO2W-. The van der Waals surface area contributed by atoms with Crippen molar-refractivity contribution < 1.29 is 30.6 Å². The molecular weight excluding hydrogens is 350 g/mol. The molecule has 0 saturated carbocycles. The van der Waals surface area contributed by atoms with E-state index in [1.54, 1.807) is 14.0 Å². The molecule has 0 radical (unpaired) electrons. The molecule has 0 spiro atoms. The number of hydrogen-bond acceptors (Lipinski definition) is 3. The van der Waals surface area contributed by atoms with Crippen LogP contribution >= 0.6 is 0 Å². The Balaban J connectivity index is 0.00000169. The Morgan fingerprint density at radius 1 is 1.71 bits per heavy atom. The first-order valence-electron chi connectivity index (χ1n) is 4.62. The quantitative estimate of drug-likeness (QED) is 0.754. The third kappa shape index (κ3) is 2.65. The zero-order chi connectivity index (χ0) is 10.1. The molecule has 0 amide bonds. The average molecular weight is 368 g/mol. The van der Waals surface area contributed by atoms with Crippen LogP contribution in [0.15, 0.2) is 0 Å². The summed E-state index contributed by atoms with van der Waals surface area (Å²) in [5.41, 5.74) is -0.460. The Labute approximate surface area is 100 Å². The number of ether oxygens (including phenoxy) is 1. The van der Waals surface area contributed by atoms with E-state index in [4.69, 9.17) is 4.74 Å². The van der Waals surface area contributed by atoms with E-state index < -0.39 is 5.54 Å². The van der Waals surface area contributed by atoms with Gasteiger partial charge in [-0.3, -0.25) is 10.7 Å². The Hall–Kier alpha value is 0.278. The normalized spacial score (nSPS) is 32.7. The van der Waals surface area contributed by atoms with Crippen molar-refractivity contribution in [1.82, 2.24) is 5.32 Å². The monoisotopic (exact) mass is 368 g/mol. The van der Waals surface area contributed by atoms with Crippen molar-refractivity contribution >= 4 is 5.78 Å². The van der Waals surface area contributed by atoms with Crippen molar-refractivity contribution in [3.8, 4) is 0 Å². The van der Waals surface area contributed by atoms with Gasteiger partial charge in [-0.15, -0.1) is 12.5 Å². The summed E-state index contributed by atoms with van der Waals surface area (Å²) >= 11 is 0. The number of ketones is 1. The van der Waals surface area contributed by atoms with Crippen LogP contribution in [0.5, 0.6) is 0 Å². The number of Topliss-reactive ketones (excluding diaryl/α,β-unsaturated/α-hetero) is 1. The van der Waals surface area contributed by atoms with Gasteiger partial charge in [-0.2, -0.15) is 6.92 Å². The van der Waals surface area contributed by atoms with Crippen LogP contribution < -0.4 is 5.32 Å². The molecule has 0 bridgehead atoms. The van der Waals surface area contributed by atoms with E-state index in [2.05, 4.69) is 19.2 Å². The first-order valence-corrected chi connectivity index (χ1v) is 4.62. The molecule has 0 aromatic carbocycles. The number of carbonyl (C=O) groups is 1. The van der Waals surface area contributed by atoms with Crippen LogP contribution in [0.3, 0.4) is 0 Å². The standard InChI is InChI=1S/C10H18NO2.W/c1-7-5-10(6-13-4,9(3)12)11-8(7)2;/h8,11H,5-6H2,1-4H3;/q-1;. The summed E-state index contributed by atoms with van der Waals surface area (Å²) in [7, 11) is 1.63. The predicted octanol–water partition coefficient (Wildman–Crippen LogP) is 0.934. The fraction of sp³-hybridized carbons (Fsp3) is 0.800. The number of hydrogen-bond donors (Lipinski definition) is 1. The molecule has 4 heteroatoms. The second-order valence-corrected chi connectivity index (χ2v) is 3.96. The van der Waals surface area contributed by atoms with Crippen LogP contribution in [0.2, 0.25) is 0 Å². The molecule has 1 saturated heterocycles. The molecule has 82 valence electrons. The number of nitrogens with one attached hydrogen (secondary N) is 1. The van der Waals surface area contributed by atoms with Crippen molar-refractivity contribution in [2.75, 3.05) is 13.7 Å². The number of methoxy groups -OCH3 is 1. The molecule has 2 unspecified atom stereocenters. The first kappa shape index (κ1) is 14.3. The van der Waals surface area contributed by atoms with Gasteiger partial charge in [0.2, 0.25) is 0 Å². The van der Waals surface area contributed by atoms with Gasteiger partial charge in [0.1, 0.15) is 5.78 Å². The Kier molecular flexibility index (Phi) is 5.49. The zero-order valence-corrected chi connectivity index (χ0v) is 12.1. The second kappa shape index (κ2) is 5.39. The van der Waals surface area contributed by atoms with Gasteiger partial charge in [0, 0.05) is 28.2 Å². The first-order chi connectivity index (χ1) is 6.02. The van der Waals surface area contributed by atoms with Crippen LogP contribution in [0, 0.1) is 5.92 Å². The summed E-state index contributed by atoms with van der Waals surface area (Å²) < 4.78 is 5.09. The van der Waals surface area contributed by atoms with E-state index in [1.807, 2.05) is 0 Å². The molecule has 1 heterocycles. The maximum Gasteiger partial charge on any atom is 0.149 e. The van der Waals surface area contributed by atoms with E-state index in [-0.39, 0.29) is 26.8 Å². The Bertz CT molecular complexity index is 198. The van der Waals surface area contributed by atoms with Gasteiger partial charge >= 0.3 is 0 Å². The molecule has 2 atom stereocenters. The summed E-state index contributed by atoms with van der Waals surface area (Å²) in [6.07, 6.45) is 0.803. The van der Waals surface area contributed by atoms with Crippen LogP contribution in [0.25, 0.3) is 0 Å². The molecule has 1 N–H and O–H groups in total. The number of carbonyl (C=O) groups excluding carboxylic acids is 1. The molecule has 1 fully saturated rings. The van der Waals surface area contributed by atoms with E-state index in [1.165, 1.54) is 5.92 Å². The summed E-state index contributed by atoms with van der Waals surface area (Å²) in [5, 5.41) is 3.31. The molecule has 3 nitrogen and oxygen atoms in total. The van der Waals surface area contributed by atoms with Crippen molar-refractivity contribution in [2.45, 2.75) is 38.8 Å². The predicted molar refractivity (Wildman–Crippen MR) is 51.4 cm³/mol. The zero-order valence-electron chi connectivity index (χ0n) is 9.22. The molecule has 1 rings (SSSR count). The van der Waals surface area contributed by atoms with Crippen molar-refractivity contribution in [2.24, 2.45) is 0 Å². The van der Waals surface area contributed by atoms with Crippen molar-refractivity contribution in [3.05, 3.63) is 5.92 Å².